The van der Waals surface area contributed by atoms with Crippen LogP contribution < -0.4 is 15.0 Å². The van der Waals surface area contributed by atoms with E-state index in [-0.39, 0.29) is 24.8 Å². The first-order valence-electron chi connectivity index (χ1n) is 14.2. The van der Waals surface area contributed by atoms with Crippen LogP contribution in [0, 0.1) is 5.92 Å². The second-order valence-electron chi connectivity index (χ2n) is 12.3. The van der Waals surface area contributed by atoms with Crippen LogP contribution in [-0.4, -0.2) is 46.5 Å². The van der Waals surface area contributed by atoms with Crippen molar-refractivity contribution in [1.82, 2.24) is 10.3 Å². The predicted octanol–water partition coefficient (Wildman–Crippen LogP) is 5.81. The lowest BCUT2D eigenvalue weighted by Gasteiger charge is -2.36. The van der Waals surface area contributed by atoms with Crippen molar-refractivity contribution >= 4 is 29.9 Å². The van der Waals surface area contributed by atoms with Crippen molar-refractivity contribution in [3.8, 4) is 5.75 Å². The van der Waals surface area contributed by atoms with E-state index in [4.69, 9.17) is 18.9 Å². The summed E-state index contributed by atoms with van der Waals surface area (Å²) in [6.07, 6.45) is -0.832. The van der Waals surface area contributed by atoms with Crippen LogP contribution >= 0.6 is 0 Å². The van der Waals surface area contributed by atoms with Gasteiger partial charge in [-0.2, -0.15) is 4.90 Å². The van der Waals surface area contributed by atoms with Gasteiger partial charge in [-0.15, -0.1) is 0 Å². The van der Waals surface area contributed by atoms with E-state index >= 15 is 0 Å². The van der Waals surface area contributed by atoms with Gasteiger partial charge in [0.2, 0.25) is 5.91 Å². The molecule has 0 bridgehead atoms. The van der Waals surface area contributed by atoms with E-state index in [0.717, 1.165) is 10.5 Å². The van der Waals surface area contributed by atoms with Crippen molar-refractivity contribution in [2.24, 2.45) is 5.92 Å². The number of hydrogen-bond acceptors (Lipinski definition) is 9. The lowest BCUT2D eigenvalue weighted by Crippen LogP contribution is -2.61. The Kier molecular flexibility index (Phi) is 9.56. The Morgan fingerprint density at radius 3 is 2.02 bits per heavy atom. The van der Waals surface area contributed by atoms with E-state index in [2.05, 4.69) is 10.3 Å². The largest absolute Gasteiger partial charge is 0.470 e. The number of esters is 1. The van der Waals surface area contributed by atoms with Crippen LogP contribution in [0.25, 0.3) is 0 Å². The van der Waals surface area contributed by atoms with Gasteiger partial charge in [0.25, 0.3) is 0 Å². The SMILES string of the molecule is CC(C)(C)OC(=O)N(C(=O)OC(C)(C)C)c1cc(CC2C(=O)NC2Oc2ccc(C(=O)OCc3ccccc3)cc2)ccn1. The third-order valence-corrected chi connectivity index (χ3v) is 6.20. The van der Waals surface area contributed by atoms with Crippen LogP contribution in [0.2, 0.25) is 0 Å². The van der Waals surface area contributed by atoms with Crippen LogP contribution in [0.4, 0.5) is 15.4 Å². The molecule has 1 saturated heterocycles. The smallest absolute Gasteiger partial charge is 0.425 e. The Bertz CT molecular complexity index is 1470. The Hall–Kier alpha value is -4.93. The van der Waals surface area contributed by atoms with E-state index in [1.165, 1.54) is 12.3 Å². The van der Waals surface area contributed by atoms with Crippen LogP contribution in [0.1, 0.15) is 63.0 Å². The average Bonchev–Trinajstić information content (AvgIpc) is 2.94. The van der Waals surface area contributed by atoms with E-state index < -0.39 is 41.5 Å². The molecule has 44 heavy (non-hydrogen) atoms. The zero-order valence-electron chi connectivity index (χ0n) is 25.7. The van der Waals surface area contributed by atoms with Gasteiger partial charge < -0.3 is 24.3 Å². The maximum atomic E-state index is 13.0. The Labute approximate surface area is 256 Å². The maximum Gasteiger partial charge on any atom is 0.425 e. The molecule has 1 aliphatic rings. The number of hydrogen-bond donors (Lipinski definition) is 1. The molecular formula is C33H37N3O8. The summed E-state index contributed by atoms with van der Waals surface area (Å²) in [5.41, 5.74) is 0.147. The molecule has 0 radical (unpaired) electrons. The second kappa shape index (κ2) is 13.2. The molecule has 232 valence electrons. The minimum Gasteiger partial charge on any atom is -0.470 e. The number of benzene rings is 2. The van der Waals surface area contributed by atoms with Gasteiger partial charge in [0.1, 0.15) is 29.4 Å². The molecule has 3 aromatic rings. The Balaban J connectivity index is 1.42. The highest BCUT2D eigenvalue weighted by Crippen LogP contribution is 2.27. The number of rotatable bonds is 8. The summed E-state index contributed by atoms with van der Waals surface area (Å²) in [5.74, 6) is -0.785. The highest BCUT2D eigenvalue weighted by molar-refractivity contribution is 6.08. The highest BCUT2D eigenvalue weighted by atomic mass is 16.6. The number of imide groups is 1. The molecule has 3 amide bonds. The zero-order valence-corrected chi connectivity index (χ0v) is 25.7. The van der Waals surface area contributed by atoms with E-state index in [1.807, 2.05) is 30.3 Å². The van der Waals surface area contributed by atoms with Crippen molar-refractivity contribution in [3.63, 3.8) is 0 Å². The van der Waals surface area contributed by atoms with Gasteiger partial charge >= 0.3 is 18.2 Å². The molecule has 0 spiro atoms. The molecule has 11 nitrogen and oxygen atoms in total. The van der Waals surface area contributed by atoms with E-state index in [1.54, 1.807) is 71.9 Å². The number of carbonyl (C=O) groups is 4. The number of amides is 3. The molecule has 11 heteroatoms. The quantitative estimate of drug-likeness (QED) is 0.192. The van der Waals surface area contributed by atoms with Gasteiger partial charge in [-0.3, -0.25) is 4.79 Å². The van der Waals surface area contributed by atoms with E-state index in [0.29, 0.717) is 16.9 Å². The molecule has 2 atom stereocenters. The number of nitrogens with one attached hydrogen (secondary N) is 1. The van der Waals surface area contributed by atoms with Crippen LogP contribution in [0.5, 0.6) is 5.75 Å². The first-order chi connectivity index (χ1) is 20.7. The molecular weight excluding hydrogens is 566 g/mol. The molecule has 1 aromatic heterocycles. The summed E-state index contributed by atoms with van der Waals surface area (Å²) in [4.78, 5) is 55.9. The zero-order chi connectivity index (χ0) is 32.1. The van der Waals surface area contributed by atoms with Crippen LogP contribution in [-0.2, 0) is 32.0 Å². The summed E-state index contributed by atoms with van der Waals surface area (Å²) in [5, 5.41) is 2.74. The summed E-state index contributed by atoms with van der Waals surface area (Å²) in [6.45, 7) is 10.3. The molecule has 0 aliphatic carbocycles. The fourth-order valence-electron chi connectivity index (χ4n) is 4.16. The predicted molar refractivity (Wildman–Crippen MR) is 161 cm³/mol. The van der Waals surface area contributed by atoms with Gasteiger partial charge in [-0.05, 0) is 95.5 Å². The number of aromatic nitrogens is 1. The molecule has 1 aliphatic heterocycles. The first-order valence-corrected chi connectivity index (χ1v) is 14.2. The molecule has 2 unspecified atom stereocenters. The van der Waals surface area contributed by atoms with Crippen molar-refractivity contribution in [2.75, 3.05) is 4.90 Å². The standard InChI is InChI=1S/C33H37N3O8/c1-32(2,3)43-30(39)36(31(40)44-33(4,5)6)26-19-22(16-17-34-26)18-25-27(37)35-28(25)42-24-14-12-23(13-15-24)29(38)41-20-21-10-8-7-9-11-21/h7-17,19,25,28H,18,20H2,1-6H3,(H,35,37). The van der Waals surface area contributed by atoms with Gasteiger partial charge in [-0.25, -0.2) is 19.4 Å². The lowest BCUT2D eigenvalue weighted by atomic mass is 9.91. The van der Waals surface area contributed by atoms with Gasteiger partial charge in [0, 0.05) is 6.20 Å². The topological polar surface area (TPSA) is 133 Å². The van der Waals surface area contributed by atoms with E-state index in [9.17, 15) is 19.2 Å². The third kappa shape index (κ3) is 8.79. The molecule has 1 N–H and O–H groups in total. The normalized spacial score (nSPS) is 16.2. The van der Waals surface area contributed by atoms with Crippen molar-refractivity contribution in [3.05, 3.63) is 89.6 Å². The maximum absolute atomic E-state index is 13.0. The van der Waals surface area contributed by atoms with Gasteiger partial charge in [0.05, 0.1) is 11.5 Å². The number of carbonyl (C=O) groups excluding carboxylic acids is 4. The van der Waals surface area contributed by atoms with Crippen molar-refractivity contribution in [2.45, 2.75) is 72.0 Å². The molecule has 0 saturated carbocycles. The lowest BCUT2D eigenvalue weighted by molar-refractivity contribution is -0.144. The number of nitrogens with zero attached hydrogens (tertiary/aromatic N) is 2. The van der Waals surface area contributed by atoms with Crippen molar-refractivity contribution in [1.29, 1.82) is 0 Å². The average molecular weight is 604 g/mol. The van der Waals surface area contributed by atoms with Crippen molar-refractivity contribution < 1.29 is 38.1 Å². The summed E-state index contributed by atoms with van der Waals surface area (Å²) in [6, 6.07) is 19.0. The number of anilines is 1. The fraction of sp³-hybridized carbons (Fsp3) is 0.364. The Morgan fingerprint density at radius 2 is 1.45 bits per heavy atom. The number of ether oxygens (including phenoxy) is 4. The monoisotopic (exact) mass is 603 g/mol. The fourth-order valence-corrected chi connectivity index (χ4v) is 4.16. The second-order valence-corrected chi connectivity index (χ2v) is 12.3. The summed E-state index contributed by atoms with van der Waals surface area (Å²) >= 11 is 0. The molecule has 1 fully saturated rings. The third-order valence-electron chi connectivity index (χ3n) is 6.20. The summed E-state index contributed by atoms with van der Waals surface area (Å²) in [7, 11) is 0. The molecule has 4 rings (SSSR count). The molecule has 2 aromatic carbocycles. The number of β-lactam (4-membered cyclic amide) rings is 1. The Morgan fingerprint density at radius 1 is 0.841 bits per heavy atom. The summed E-state index contributed by atoms with van der Waals surface area (Å²) < 4.78 is 22.2. The van der Waals surface area contributed by atoms with Crippen LogP contribution in [0.3, 0.4) is 0 Å². The van der Waals surface area contributed by atoms with Gasteiger partial charge in [-0.1, -0.05) is 30.3 Å². The minimum atomic E-state index is -0.939. The highest BCUT2D eigenvalue weighted by Gasteiger charge is 2.41. The van der Waals surface area contributed by atoms with Crippen LogP contribution in [0.15, 0.2) is 72.9 Å². The van der Waals surface area contributed by atoms with Gasteiger partial charge in [0.15, 0.2) is 6.23 Å². The molecule has 2 heterocycles. The minimum absolute atomic E-state index is 0.00191. The number of pyridine rings is 1. The first kappa shape index (κ1) is 32.0.